The Morgan fingerprint density at radius 2 is 1.61 bits per heavy atom. The van der Waals surface area contributed by atoms with Gasteiger partial charge in [-0.15, -0.1) is 0 Å². The van der Waals surface area contributed by atoms with Crippen molar-refractivity contribution in [1.29, 1.82) is 0 Å². The second-order valence-corrected chi connectivity index (χ2v) is 10.1. The van der Waals surface area contributed by atoms with Crippen LogP contribution in [0.2, 0.25) is 0 Å². The number of hydrogen-bond acceptors (Lipinski definition) is 4. The maximum atomic E-state index is 14.2. The minimum atomic E-state index is -0.835. The van der Waals surface area contributed by atoms with Crippen molar-refractivity contribution >= 4 is 23.4 Å². The van der Waals surface area contributed by atoms with Gasteiger partial charge >= 0.3 is 0 Å². The van der Waals surface area contributed by atoms with Gasteiger partial charge in [0.05, 0.1) is 12.2 Å². The molecule has 2 aromatic carbocycles. The van der Waals surface area contributed by atoms with Crippen LogP contribution in [0.25, 0.3) is 0 Å². The Kier molecular flexibility index (Phi) is 6.94. The molecule has 1 aliphatic carbocycles. The van der Waals surface area contributed by atoms with E-state index in [0.29, 0.717) is 32.6 Å². The van der Waals surface area contributed by atoms with Gasteiger partial charge in [0.15, 0.2) is 0 Å². The van der Waals surface area contributed by atoms with Gasteiger partial charge < -0.3 is 20.0 Å². The quantitative estimate of drug-likeness (QED) is 0.693. The predicted molar refractivity (Wildman–Crippen MR) is 135 cm³/mol. The van der Waals surface area contributed by atoms with Gasteiger partial charge in [0.1, 0.15) is 17.9 Å². The van der Waals surface area contributed by atoms with E-state index in [0.717, 1.165) is 31.4 Å². The van der Waals surface area contributed by atoms with Crippen LogP contribution in [0.1, 0.15) is 55.3 Å². The lowest BCUT2D eigenvalue weighted by Gasteiger charge is -2.43. The number of anilines is 1. The highest BCUT2D eigenvalue weighted by atomic mass is 19.1. The summed E-state index contributed by atoms with van der Waals surface area (Å²) < 4.78 is 14.2. The number of carbonyl (C=O) groups excluding carboxylic acids is 3. The fraction of sp³-hybridized carbons (Fsp3) is 0.464. The zero-order valence-corrected chi connectivity index (χ0v) is 20.5. The molecule has 36 heavy (non-hydrogen) atoms. The van der Waals surface area contributed by atoms with Gasteiger partial charge in [0.25, 0.3) is 11.8 Å². The molecule has 0 unspecified atom stereocenters. The minimum Gasteiger partial charge on any atom is -0.352 e. The summed E-state index contributed by atoms with van der Waals surface area (Å²) >= 11 is 0. The van der Waals surface area contributed by atoms with Crippen molar-refractivity contribution in [2.45, 2.75) is 56.5 Å². The van der Waals surface area contributed by atoms with Crippen molar-refractivity contribution in [3.05, 3.63) is 66.0 Å². The van der Waals surface area contributed by atoms with E-state index in [1.807, 2.05) is 30.3 Å². The maximum absolute atomic E-state index is 14.2. The first-order valence-electron chi connectivity index (χ1n) is 12.9. The van der Waals surface area contributed by atoms with Crippen LogP contribution in [0.5, 0.6) is 0 Å². The third-order valence-corrected chi connectivity index (χ3v) is 7.87. The van der Waals surface area contributed by atoms with Crippen LogP contribution in [-0.2, 0) is 9.59 Å². The van der Waals surface area contributed by atoms with Gasteiger partial charge in [-0.05, 0) is 49.9 Å². The summed E-state index contributed by atoms with van der Waals surface area (Å²) in [6.07, 6.45) is 6.28. The summed E-state index contributed by atoms with van der Waals surface area (Å²) in [5, 5.41) is 3.12. The van der Waals surface area contributed by atoms with Gasteiger partial charge in [-0.3, -0.25) is 14.4 Å². The highest BCUT2D eigenvalue weighted by molar-refractivity contribution is 5.97. The van der Waals surface area contributed by atoms with Crippen LogP contribution in [-0.4, -0.2) is 65.4 Å². The molecule has 7 nitrogen and oxygen atoms in total. The molecular weight excluding hydrogens is 459 g/mol. The SMILES string of the molecule is O=C(CN1CN(c2ccccc2)C2(CCN(C(=O)c3ccccc3F)CC2)C1=O)NC1CCCCC1. The third-order valence-electron chi connectivity index (χ3n) is 7.87. The second kappa shape index (κ2) is 10.3. The van der Waals surface area contributed by atoms with Crippen molar-refractivity contribution in [2.24, 2.45) is 0 Å². The molecule has 0 atom stereocenters. The number of nitrogens with zero attached hydrogens (tertiary/aromatic N) is 3. The number of benzene rings is 2. The van der Waals surface area contributed by atoms with Crippen LogP contribution in [0.15, 0.2) is 54.6 Å². The normalized spacial score (nSPS) is 20.1. The van der Waals surface area contributed by atoms with Gasteiger partial charge in [0, 0.05) is 24.8 Å². The number of rotatable bonds is 5. The lowest BCUT2D eigenvalue weighted by molar-refractivity contribution is -0.137. The van der Waals surface area contributed by atoms with Gasteiger partial charge in [0.2, 0.25) is 5.91 Å². The first-order valence-corrected chi connectivity index (χ1v) is 12.9. The third kappa shape index (κ3) is 4.68. The van der Waals surface area contributed by atoms with Gasteiger partial charge in [-0.2, -0.15) is 0 Å². The molecule has 1 saturated carbocycles. The Bertz CT molecular complexity index is 1110. The zero-order valence-electron chi connectivity index (χ0n) is 20.5. The first-order chi connectivity index (χ1) is 17.5. The number of likely N-dealkylation sites (tertiary alicyclic amines) is 1. The smallest absolute Gasteiger partial charge is 0.256 e. The average molecular weight is 493 g/mol. The molecule has 2 aromatic rings. The lowest BCUT2D eigenvalue weighted by Crippen LogP contribution is -2.57. The molecule has 0 radical (unpaired) electrons. The van der Waals surface area contributed by atoms with Crippen LogP contribution in [0.3, 0.4) is 0 Å². The van der Waals surface area contributed by atoms with Crippen molar-refractivity contribution in [3.63, 3.8) is 0 Å². The Hall–Kier alpha value is -3.42. The Balaban J connectivity index is 1.32. The monoisotopic (exact) mass is 492 g/mol. The Morgan fingerprint density at radius 3 is 2.31 bits per heavy atom. The molecule has 1 N–H and O–H groups in total. The molecule has 2 heterocycles. The van der Waals surface area contributed by atoms with Crippen molar-refractivity contribution in [1.82, 2.24) is 15.1 Å². The topological polar surface area (TPSA) is 73.0 Å². The molecular formula is C28H33FN4O3. The number of hydrogen-bond donors (Lipinski definition) is 1. The molecule has 5 rings (SSSR count). The summed E-state index contributed by atoms with van der Waals surface area (Å²) in [7, 11) is 0. The zero-order chi connectivity index (χ0) is 25.1. The fourth-order valence-electron chi connectivity index (χ4n) is 5.90. The number of piperidine rings is 1. The first kappa shape index (κ1) is 24.3. The standard InChI is InChI=1S/C28H33FN4O3/c29-24-14-8-7-13-23(24)26(35)31-17-15-28(16-18-31)27(36)32(20-33(28)22-11-5-2-6-12-22)19-25(34)30-21-9-3-1-4-10-21/h2,5-8,11-14,21H,1,3-4,9-10,15-20H2,(H,30,34). The molecule has 2 aliphatic heterocycles. The maximum Gasteiger partial charge on any atom is 0.256 e. The second-order valence-electron chi connectivity index (χ2n) is 10.1. The molecule has 0 aromatic heterocycles. The van der Waals surface area contributed by atoms with E-state index in [1.165, 1.54) is 18.6 Å². The van der Waals surface area contributed by atoms with E-state index in [2.05, 4.69) is 10.2 Å². The Labute approximate surface area is 211 Å². The molecule has 8 heteroatoms. The van der Waals surface area contributed by atoms with E-state index in [-0.39, 0.29) is 35.9 Å². The number of carbonyl (C=O) groups is 3. The summed E-state index contributed by atoms with van der Waals surface area (Å²) in [6, 6.07) is 15.9. The molecule has 0 bridgehead atoms. The van der Waals surface area contributed by atoms with Crippen molar-refractivity contribution in [2.75, 3.05) is 31.2 Å². The molecule has 3 fully saturated rings. The largest absolute Gasteiger partial charge is 0.352 e. The number of halogens is 1. The fourth-order valence-corrected chi connectivity index (χ4v) is 5.90. The van der Waals surface area contributed by atoms with Gasteiger partial charge in [-0.25, -0.2) is 4.39 Å². The highest BCUT2D eigenvalue weighted by Gasteiger charge is 2.54. The van der Waals surface area contributed by atoms with Gasteiger partial charge in [-0.1, -0.05) is 49.6 Å². The lowest BCUT2D eigenvalue weighted by atomic mass is 9.85. The average Bonchev–Trinajstić information content (AvgIpc) is 3.16. The number of para-hydroxylation sites is 1. The van der Waals surface area contributed by atoms with Crippen LogP contribution in [0.4, 0.5) is 10.1 Å². The van der Waals surface area contributed by atoms with E-state index in [1.54, 1.807) is 21.9 Å². The number of nitrogens with one attached hydrogen (secondary N) is 1. The summed E-state index contributed by atoms with van der Waals surface area (Å²) in [6.45, 7) is 1.02. The van der Waals surface area contributed by atoms with E-state index < -0.39 is 11.4 Å². The van der Waals surface area contributed by atoms with E-state index in [4.69, 9.17) is 0 Å². The molecule has 3 aliphatic rings. The minimum absolute atomic E-state index is 0.0261. The van der Waals surface area contributed by atoms with E-state index in [9.17, 15) is 18.8 Å². The van der Waals surface area contributed by atoms with Crippen LogP contribution >= 0.6 is 0 Å². The Morgan fingerprint density at radius 1 is 0.944 bits per heavy atom. The highest BCUT2D eigenvalue weighted by Crippen LogP contribution is 2.39. The summed E-state index contributed by atoms with van der Waals surface area (Å²) in [5.74, 6) is -1.10. The summed E-state index contributed by atoms with van der Waals surface area (Å²) in [4.78, 5) is 45.0. The predicted octanol–water partition coefficient (Wildman–Crippen LogP) is 3.56. The van der Waals surface area contributed by atoms with Crippen LogP contribution < -0.4 is 10.2 Å². The molecule has 1 spiro atoms. The van der Waals surface area contributed by atoms with Crippen LogP contribution in [0, 0.1) is 5.82 Å². The number of amides is 3. The van der Waals surface area contributed by atoms with E-state index >= 15 is 0 Å². The molecule has 190 valence electrons. The molecule has 3 amide bonds. The van der Waals surface area contributed by atoms with Crippen molar-refractivity contribution < 1.29 is 18.8 Å². The van der Waals surface area contributed by atoms with Crippen molar-refractivity contribution in [3.8, 4) is 0 Å². The summed E-state index contributed by atoms with van der Waals surface area (Å²) in [5.41, 5.74) is 0.125. The molecule has 2 saturated heterocycles.